The van der Waals surface area contributed by atoms with Gasteiger partial charge in [0.25, 0.3) is 0 Å². The molecular weight excluding hydrogens is 196 g/mol. The maximum Gasteiger partial charge on any atom is 0.195 e. The first-order chi connectivity index (χ1) is 6.61. The molecule has 0 bridgehead atoms. The minimum atomic E-state index is -1.65. The largest absolute Gasteiger partial charge is 0.206 e. The van der Waals surface area contributed by atoms with E-state index >= 15 is 0 Å². The van der Waals surface area contributed by atoms with Crippen LogP contribution in [-0.4, -0.2) is 0 Å². The van der Waals surface area contributed by atoms with E-state index in [1.807, 2.05) is 0 Å². The number of hydrogen-bond donors (Lipinski definition) is 0. The molecule has 0 saturated heterocycles. The van der Waals surface area contributed by atoms with Crippen molar-refractivity contribution in [2.75, 3.05) is 0 Å². The normalized spacial score (nSPS) is 10.9. The molecule has 2 aromatic carbocycles. The van der Waals surface area contributed by atoms with Crippen LogP contribution in [0.4, 0.5) is 17.6 Å². The topological polar surface area (TPSA) is 0 Å². The summed E-state index contributed by atoms with van der Waals surface area (Å²) in [5, 5.41) is -0.521. The Labute approximate surface area is 76.8 Å². The van der Waals surface area contributed by atoms with Gasteiger partial charge < -0.3 is 0 Å². The number of benzene rings is 2. The van der Waals surface area contributed by atoms with Crippen LogP contribution in [0.25, 0.3) is 10.8 Å². The molecule has 0 spiro atoms. The maximum absolute atomic E-state index is 13.1. The molecule has 0 aliphatic rings. The summed E-state index contributed by atoms with van der Waals surface area (Å²) >= 11 is 0. The smallest absolute Gasteiger partial charge is 0.195 e. The predicted octanol–water partition coefficient (Wildman–Crippen LogP) is 3.40. The van der Waals surface area contributed by atoms with Crippen LogP contribution in [0.5, 0.6) is 0 Å². The Hall–Kier alpha value is -1.58. The van der Waals surface area contributed by atoms with E-state index in [0.717, 1.165) is 12.1 Å². The standard InChI is InChI=1S/C10H4F4/c11-6-3-1-2-5-4-7(12)9(13)10(14)8(5)6/h1-4H. The molecule has 0 unspecified atom stereocenters. The van der Waals surface area contributed by atoms with Crippen molar-refractivity contribution in [1.82, 2.24) is 0 Å². The first-order valence-corrected chi connectivity index (χ1v) is 3.83. The Morgan fingerprint density at radius 3 is 2.21 bits per heavy atom. The third kappa shape index (κ3) is 1.14. The van der Waals surface area contributed by atoms with Crippen LogP contribution in [0.2, 0.25) is 0 Å². The van der Waals surface area contributed by atoms with Crippen LogP contribution in [0, 0.1) is 23.3 Å². The van der Waals surface area contributed by atoms with Crippen LogP contribution >= 0.6 is 0 Å². The average molecular weight is 200 g/mol. The van der Waals surface area contributed by atoms with Gasteiger partial charge >= 0.3 is 0 Å². The Bertz CT molecular complexity index is 505. The van der Waals surface area contributed by atoms with Crippen molar-refractivity contribution in [3.8, 4) is 0 Å². The van der Waals surface area contributed by atoms with Gasteiger partial charge in [-0.1, -0.05) is 12.1 Å². The van der Waals surface area contributed by atoms with Crippen molar-refractivity contribution in [1.29, 1.82) is 0 Å². The quantitative estimate of drug-likeness (QED) is 0.451. The Morgan fingerprint density at radius 1 is 0.786 bits per heavy atom. The van der Waals surface area contributed by atoms with Gasteiger partial charge in [0.15, 0.2) is 17.5 Å². The molecule has 0 aliphatic heterocycles. The molecule has 0 fully saturated rings. The van der Waals surface area contributed by atoms with Crippen LogP contribution in [0.3, 0.4) is 0 Å². The van der Waals surface area contributed by atoms with E-state index in [4.69, 9.17) is 0 Å². The summed E-state index contributed by atoms with van der Waals surface area (Å²) in [6.07, 6.45) is 0. The molecule has 2 aromatic rings. The summed E-state index contributed by atoms with van der Waals surface area (Å²) in [6, 6.07) is 4.36. The van der Waals surface area contributed by atoms with E-state index in [9.17, 15) is 17.6 Å². The van der Waals surface area contributed by atoms with Gasteiger partial charge in [-0.3, -0.25) is 0 Å². The van der Waals surface area contributed by atoms with E-state index < -0.39 is 28.7 Å². The third-order valence-electron chi connectivity index (χ3n) is 1.95. The lowest BCUT2D eigenvalue weighted by atomic mass is 10.1. The molecule has 72 valence electrons. The van der Waals surface area contributed by atoms with E-state index in [-0.39, 0.29) is 5.39 Å². The monoisotopic (exact) mass is 200 g/mol. The van der Waals surface area contributed by atoms with Crippen molar-refractivity contribution in [3.05, 3.63) is 47.5 Å². The predicted molar refractivity (Wildman–Crippen MR) is 43.8 cm³/mol. The Morgan fingerprint density at radius 2 is 1.50 bits per heavy atom. The zero-order valence-corrected chi connectivity index (χ0v) is 6.82. The second-order valence-electron chi connectivity index (χ2n) is 2.82. The molecular formula is C10H4F4. The summed E-state index contributed by atoms with van der Waals surface area (Å²) in [7, 11) is 0. The van der Waals surface area contributed by atoms with Crippen molar-refractivity contribution in [2.24, 2.45) is 0 Å². The van der Waals surface area contributed by atoms with E-state index in [1.54, 1.807) is 0 Å². The average Bonchev–Trinajstić information content (AvgIpc) is 2.14. The van der Waals surface area contributed by atoms with Gasteiger partial charge in [-0.15, -0.1) is 0 Å². The van der Waals surface area contributed by atoms with Gasteiger partial charge in [0, 0.05) is 0 Å². The molecule has 0 amide bonds. The highest BCUT2D eigenvalue weighted by Crippen LogP contribution is 2.24. The molecule has 4 heteroatoms. The maximum atomic E-state index is 13.1. The summed E-state index contributed by atoms with van der Waals surface area (Å²) in [6.45, 7) is 0. The van der Waals surface area contributed by atoms with Crippen LogP contribution in [0.15, 0.2) is 24.3 Å². The molecule has 0 N–H and O–H groups in total. The second-order valence-corrected chi connectivity index (χ2v) is 2.82. The number of rotatable bonds is 0. The first kappa shape index (κ1) is 8.99. The lowest BCUT2D eigenvalue weighted by Crippen LogP contribution is -1.94. The number of hydrogen-bond acceptors (Lipinski definition) is 0. The van der Waals surface area contributed by atoms with Gasteiger partial charge in [-0.25, -0.2) is 17.6 Å². The van der Waals surface area contributed by atoms with Gasteiger partial charge in [-0.2, -0.15) is 0 Å². The van der Waals surface area contributed by atoms with Crippen LogP contribution in [-0.2, 0) is 0 Å². The molecule has 0 aliphatic carbocycles. The summed E-state index contributed by atoms with van der Waals surface area (Å²) in [4.78, 5) is 0. The minimum Gasteiger partial charge on any atom is -0.206 e. The fourth-order valence-corrected chi connectivity index (χ4v) is 1.31. The molecule has 0 nitrogen and oxygen atoms in total. The minimum absolute atomic E-state index is 0.00130. The van der Waals surface area contributed by atoms with Crippen molar-refractivity contribution < 1.29 is 17.6 Å². The molecule has 0 aromatic heterocycles. The van der Waals surface area contributed by atoms with Gasteiger partial charge in [0.1, 0.15) is 5.82 Å². The van der Waals surface area contributed by atoms with Gasteiger partial charge in [0.05, 0.1) is 5.39 Å². The molecule has 0 radical (unpaired) electrons. The first-order valence-electron chi connectivity index (χ1n) is 3.83. The van der Waals surface area contributed by atoms with E-state index in [0.29, 0.717) is 0 Å². The zero-order valence-electron chi connectivity index (χ0n) is 6.82. The second kappa shape index (κ2) is 2.97. The Balaban J connectivity index is 2.99. The lowest BCUT2D eigenvalue weighted by molar-refractivity contribution is 0.451. The summed E-state index contributed by atoms with van der Waals surface area (Å²) in [5.74, 6) is -5.36. The molecule has 0 atom stereocenters. The van der Waals surface area contributed by atoms with E-state index in [2.05, 4.69) is 0 Å². The highest BCUT2D eigenvalue weighted by molar-refractivity contribution is 5.83. The van der Waals surface area contributed by atoms with Crippen LogP contribution < -0.4 is 0 Å². The van der Waals surface area contributed by atoms with Crippen molar-refractivity contribution >= 4 is 10.8 Å². The highest BCUT2D eigenvalue weighted by atomic mass is 19.2. The fraction of sp³-hybridized carbons (Fsp3) is 0. The molecule has 2 rings (SSSR count). The van der Waals surface area contributed by atoms with Crippen LogP contribution in [0.1, 0.15) is 0 Å². The third-order valence-corrected chi connectivity index (χ3v) is 1.95. The van der Waals surface area contributed by atoms with Gasteiger partial charge in [0.2, 0.25) is 0 Å². The van der Waals surface area contributed by atoms with Crippen molar-refractivity contribution in [2.45, 2.75) is 0 Å². The number of halogens is 4. The Kier molecular flexibility index (Phi) is 1.91. The summed E-state index contributed by atoms with van der Waals surface area (Å²) < 4.78 is 51.5. The fourth-order valence-electron chi connectivity index (χ4n) is 1.31. The highest BCUT2D eigenvalue weighted by Gasteiger charge is 2.15. The lowest BCUT2D eigenvalue weighted by Gasteiger charge is -2.02. The summed E-state index contributed by atoms with van der Waals surface area (Å²) in [5.41, 5.74) is 0. The SMILES string of the molecule is Fc1cc2cccc(F)c2c(F)c1F. The van der Waals surface area contributed by atoms with E-state index in [1.165, 1.54) is 12.1 Å². The molecule has 14 heavy (non-hydrogen) atoms. The number of fused-ring (bicyclic) bond motifs is 1. The molecule has 0 saturated carbocycles. The molecule has 0 heterocycles. The van der Waals surface area contributed by atoms with Gasteiger partial charge in [-0.05, 0) is 17.5 Å². The van der Waals surface area contributed by atoms with Crippen molar-refractivity contribution in [3.63, 3.8) is 0 Å². The zero-order chi connectivity index (χ0) is 10.3.